The third-order valence-electron chi connectivity index (χ3n) is 5.40. The van der Waals surface area contributed by atoms with Crippen LogP contribution in [0.25, 0.3) is 0 Å². The van der Waals surface area contributed by atoms with Gasteiger partial charge in [-0.15, -0.1) is 0 Å². The van der Waals surface area contributed by atoms with Gasteiger partial charge in [-0.25, -0.2) is 13.4 Å². The lowest BCUT2D eigenvalue weighted by Gasteiger charge is -2.45. The van der Waals surface area contributed by atoms with Crippen molar-refractivity contribution in [3.63, 3.8) is 0 Å². The van der Waals surface area contributed by atoms with E-state index in [1.165, 1.54) is 19.3 Å². The molecule has 1 amide bonds. The highest BCUT2D eigenvalue weighted by molar-refractivity contribution is 7.89. The van der Waals surface area contributed by atoms with Crippen LogP contribution >= 0.6 is 0 Å². The number of amides is 1. The summed E-state index contributed by atoms with van der Waals surface area (Å²) >= 11 is 0. The van der Waals surface area contributed by atoms with Crippen molar-refractivity contribution in [3.8, 4) is 0 Å². The summed E-state index contributed by atoms with van der Waals surface area (Å²) in [4.78, 5) is 20.5. The first-order chi connectivity index (χ1) is 12.4. The third-order valence-corrected chi connectivity index (χ3v) is 7.32. The van der Waals surface area contributed by atoms with E-state index in [-0.39, 0.29) is 17.7 Å². The average Bonchev–Trinajstić information content (AvgIpc) is 3.03. The summed E-state index contributed by atoms with van der Waals surface area (Å²) in [6.45, 7) is 5.96. The summed E-state index contributed by atoms with van der Waals surface area (Å²) in [7, 11) is -1.50. The highest BCUT2D eigenvalue weighted by Gasteiger charge is 2.40. The molecule has 2 aliphatic heterocycles. The molecule has 0 aliphatic carbocycles. The number of aromatic nitrogens is 2. The standard InChI is InChI=1S/C17H29N5O3S/c1-3-26(24,25)22(10-9-20-7-5-4-6-8-20)15-12-21(13-15)17(23)16-11-18-14-19(16)2/h11,14-15H,3-10,12-13H2,1-2H3. The molecule has 26 heavy (non-hydrogen) atoms. The topological polar surface area (TPSA) is 78.8 Å². The first kappa shape index (κ1) is 19.3. The number of piperidine rings is 1. The number of imidazole rings is 1. The van der Waals surface area contributed by atoms with Crippen LogP contribution in [0.15, 0.2) is 12.5 Å². The minimum Gasteiger partial charge on any atom is -0.334 e. The number of nitrogens with zero attached hydrogens (tertiary/aromatic N) is 5. The normalized spacial score (nSPS) is 19.7. The second-order valence-corrected chi connectivity index (χ2v) is 9.38. The lowest BCUT2D eigenvalue weighted by Crippen LogP contribution is -2.63. The number of rotatable bonds is 7. The summed E-state index contributed by atoms with van der Waals surface area (Å²) in [5.74, 6) is 0.00486. The maximum Gasteiger partial charge on any atom is 0.272 e. The zero-order valence-corrected chi connectivity index (χ0v) is 16.5. The van der Waals surface area contributed by atoms with Crippen LogP contribution in [0, 0.1) is 0 Å². The molecule has 1 aromatic rings. The van der Waals surface area contributed by atoms with E-state index in [2.05, 4.69) is 9.88 Å². The van der Waals surface area contributed by atoms with Gasteiger partial charge in [0.15, 0.2) is 0 Å². The van der Waals surface area contributed by atoms with E-state index in [1.54, 1.807) is 40.3 Å². The first-order valence-corrected chi connectivity index (χ1v) is 11.0. The van der Waals surface area contributed by atoms with Crippen molar-refractivity contribution in [1.29, 1.82) is 0 Å². The molecule has 8 nitrogen and oxygen atoms in total. The van der Waals surface area contributed by atoms with Gasteiger partial charge in [0.2, 0.25) is 10.0 Å². The fourth-order valence-electron chi connectivity index (χ4n) is 3.67. The van der Waals surface area contributed by atoms with Crippen LogP contribution < -0.4 is 0 Å². The average molecular weight is 384 g/mol. The summed E-state index contributed by atoms with van der Waals surface area (Å²) in [6.07, 6.45) is 6.79. The third kappa shape index (κ3) is 4.10. The molecule has 2 fully saturated rings. The number of likely N-dealkylation sites (tertiary alicyclic amines) is 2. The predicted molar refractivity (Wildman–Crippen MR) is 99.4 cm³/mol. The van der Waals surface area contributed by atoms with Crippen molar-refractivity contribution in [3.05, 3.63) is 18.2 Å². The SMILES string of the molecule is CCS(=O)(=O)N(CCN1CCCCC1)C1CN(C(=O)c2cncn2C)C1. The predicted octanol–water partition coefficient (Wildman–Crippen LogP) is 0.382. The zero-order chi connectivity index (χ0) is 18.7. The quantitative estimate of drug-likeness (QED) is 0.680. The van der Waals surface area contributed by atoms with Gasteiger partial charge in [0.1, 0.15) is 5.69 Å². The lowest BCUT2D eigenvalue weighted by molar-refractivity contribution is 0.0427. The van der Waals surface area contributed by atoms with Gasteiger partial charge in [-0.05, 0) is 32.9 Å². The highest BCUT2D eigenvalue weighted by Crippen LogP contribution is 2.21. The Balaban J connectivity index is 1.60. The Morgan fingerprint density at radius 2 is 1.96 bits per heavy atom. The Labute approximate surface area is 155 Å². The van der Waals surface area contributed by atoms with E-state index in [0.29, 0.717) is 25.3 Å². The molecule has 9 heteroatoms. The van der Waals surface area contributed by atoms with Crippen LogP contribution in [0.3, 0.4) is 0 Å². The van der Waals surface area contributed by atoms with Gasteiger partial charge in [0.05, 0.1) is 24.3 Å². The molecule has 3 heterocycles. The van der Waals surface area contributed by atoms with Crippen molar-refractivity contribution in [1.82, 2.24) is 23.7 Å². The smallest absolute Gasteiger partial charge is 0.272 e. The number of carbonyl (C=O) groups excluding carboxylic acids is 1. The van der Waals surface area contributed by atoms with Crippen LogP contribution in [0.4, 0.5) is 0 Å². The fraction of sp³-hybridized carbons (Fsp3) is 0.765. The number of sulfonamides is 1. The van der Waals surface area contributed by atoms with Gasteiger partial charge in [0, 0.05) is 33.2 Å². The molecule has 0 bridgehead atoms. The van der Waals surface area contributed by atoms with Crippen LogP contribution in [0.2, 0.25) is 0 Å². The maximum atomic E-state index is 12.6. The van der Waals surface area contributed by atoms with E-state index < -0.39 is 10.0 Å². The molecule has 3 rings (SSSR count). The molecule has 0 spiro atoms. The van der Waals surface area contributed by atoms with Crippen molar-refractivity contribution in [2.75, 3.05) is 45.0 Å². The van der Waals surface area contributed by atoms with Gasteiger partial charge in [-0.3, -0.25) is 4.79 Å². The van der Waals surface area contributed by atoms with Crippen LogP contribution in [0.1, 0.15) is 36.7 Å². The van der Waals surface area contributed by atoms with Crippen LogP contribution in [0.5, 0.6) is 0 Å². The largest absolute Gasteiger partial charge is 0.334 e. The maximum absolute atomic E-state index is 12.6. The molecule has 0 radical (unpaired) electrons. The van der Waals surface area contributed by atoms with Crippen molar-refractivity contribution < 1.29 is 13.2 Å². The van der Waals surface area contributed by atoms with Gasteiger partial charge >= 0.3 is 0 Å². The summed E-state index contributed by atoms with van der Waals surface area (Å²) in [6, 6.07) is -0.123. The van der Waals surface area contributed by atoms with Gasteiger partial charge in [0.25, 0.3) is 5.91 Å². The minimum absolute atomic E-state index is 0.0915. The summed E-state index contributed by atoms with van der Waals surface area (Å²) in [5.41, 5.74) is 0.529. The lowest BCUT2D eigenvalue weighted by atomic mass is 10.1. The Hall–Kier alpha value is -1.45. The number of carbonyl (C=O) groups is 1. The van der Waals surface area contributed by atoms with Crippen LogP contribution in [-0.2, 0) is 17.1 Å². The Bertz CT molecular complexity index is 721. The van der Waals surface area contributed by atoms with E-state index in [9.17, 15) is 13.2 Å². The molecule has 0 N–H and O–H groups in total. The Morgan fingerprint density at radius 3 is 2.54 bits per heavy atom. The molecule has 2 saturated heterocycles. The zero-order valence-electron chi connectivity index (χ0n) is 15.7. The molecule has 0 aromatic carbocycles. The molecule has 0 atom stereocenters. The van der Waals surface area contributed by atoms with Crippen molar-refractivity contribution in [2.45, 2.75) is 32.2 Å². The summed E-state index contributed by atoms with van der Waals surface area (Å²) in [5, 5.41) is 0. The molecule has 0 saturated carbocycles. The number of aryl methyl sites for hydroxylation is 1. The molecule has 1 aromatic heterocycles. The second kappa shape index (κ2) is 8.06. The first-order valence-electron chi connectivity index (χ1n) is 9.40. The molecular weight excluding hydrogens is 354 g/mol. The second-order valence-electron chi connectivity index (χ2n) is 7.17. The Kier molecular flexibility index (Phi) is 5.99. The van der Waals surface area contributed by atoms with E-state index in [0.717, 1.165) is 19.6 Å². The number of hydrogen-bond donors (Lipinski definition) is 0. The molecule has 2 aliphatic rings. The van der Waals surface area contributed by atoms with Crippen molar-refractivity contribution in [2.24, 2.45) is 7.05 Å². The number of hydrogen-bond acceptors (Lipinski definition) is 5. The summed E-state index contributed by atoms with van der Waals surface area (Å²) < 4.78 is 28.4. The minimum atomic E-state index is -3.28. The Morgan fingerprint density at radius 1 is 1.27 bits per heavy atom. The monoisotopic (exact) mass is 383 g/mol. The van der Waals surface area contributed by atoms with Crippen LogP contribution in [-0.4, -0.2) is 89.0 Å². The molecule has 0 unspecified atom stereocenters. The van der Waals surface area contributed by atoms with Gasteiger partial charge in [-0.2, -0.15) is 4.31 Å². The van der Waals surface area contributed by atoms with Gasteiger partial charge in [-0.1, -0.05) is 6.42 Å². The van der Waals surface area contributed by atoms with E-state index in [4.69, 9.17) is 0 Å². The molecular formula is C17H29N5O3S. The molecule has 146 valence electrons. The fourth-order valence-corrected chi connectivity index (χ4v) is 4.95. The van der Waals surface area contributed by atoms with E-state index >= 15 is 0 Å². The highest BCUT2D eigenvalue weighted by atomic mass is 32.2. The van der Waals surface area contributed by atoms with Gasteiger partial charge < -0.3 is 14.4 Å². The van der Waals surface area contributed by atoms with Crippen molar-refractivity contribution >= 4 is 15.9 Å². The van der Waals surface area contributed by atoms with E-state index in [1.807, 2.05) is 0 Å².